The molecule has 0 bridgehead atoms. The van der Waals surface area contributed by atoms with Crippen molar-refractivity contribution in [1.82, 2.24) is 0 Å². The van der Waals surface area contributed by atoms with E-state index in [0.29, 0.717) is 13.0 Å². The maximum atomic E-state index is 12.9. The monoisotopic (exact) mass is 879 g/mol. The van der Waals surface area contributed by atoms with Crippen LogP contribution in [0.5, 0.6) is 0 Å². The number of allylic oxidation sites excluding steroid dienone is 2. The number of carbonyl (C=O) groups is 1. The van der Waals surface area contributed by atoms with Crippen molar-refractivity contribution in [2.75, 3.05) is 26.4 Å². The number of hydrogen-bond acceptors (Lipinski definition) is 11. The van der Waals surface area contributed by atoms with Gasteiger partial charge in [0.15, 0.2) is 6.29 Å². The molecular weight excluding hydrogens is 789 g/mol. The van der Waals surface area contributed by atoms with Crippen molar-refractivity contribution in [2.24, 2.45) is 0 Å². The Bertz CT molecular complexity index is 1110. The van der Waals surface area contributed by atoms with Crippen molar-refractivity contribution in [2.45, 2.75) is 256 Å². The minimum absolute atomic E-state index is 0.0386. The van der Waals surface area contributed by atoms with Gasteiger partial charge in [-0.05, 0) is 38.5 Å². The summed E-state index contributed by atoms with van der Waals surface area (Å²) in [6, 6.07) is 0. The van der Waals surface area contributed by atoms with Crippen molar-refractivity contribution in [1.29, 1.82) is 0 Å². The van der Waals surface area contributed by atoms with Gasteiger partial charge in [-0.1, -0.05) is 187 Å². The van der Waals surface area contributed by atoms with Gasteiger partial charge in [-0.3, -0.25) is 9.35 Å². The van der Waals surface area contributed by atoms with Crippen LogP contribution in [0.1, 0.15) is 219 Å². The van der Waals surface area contributed by atoms with Crippen LogP contribution in [0, 0.1) is 0 Å². The number of carbonyl (C=O) groups excluding carboxylic acids is 1. The summed E-state index contributed by atoms with van der Waals surface area (Å²) in [6.07, 6.45) is 33.8. The molecule has 0 spiro atoms. The van der Waals surface area contributed by atoms with Crippen LogP contribution in [0.3, 0.4) is 0 Å². The highest BCUT2D eigenvalue weighted by molar-refractivity contribution is 7.80. The Morgan fingerprint density at radius 3 is 1.50 bits per heavy atom. The molecule has 1 heterocycles. The van der Waals surface area contributed by atoms with Crippen LogP contribution in [-0.2, 0) is 38.3 Å². The van der Waals surface area contributed by atoms with E-state index >= 15 is 0 Å². The Hall–Kier alpha value is -1.16. The van der Waals surface area contributed by atoms with Crippen LogP contribution in [0.4, 0.5) is 0 Å². The van der Waals surface area contributed by atoms with Crippen molar-refractivity contribution >= 4 is 16.4 Å². The van der Waals surface area contributed by atoms with E-state index in [2.05, 4.69) is 30.2 Å². The van der Waals surface area contributed by atoms with Crippen LogP contribution < -0.4 is 0 Å². The number of ether oxygens (including phenoxy) is 4. The van der Waals surface area contributed by atoms with Gasteiger partial charge in [0.25, 0.3) is 0 Å². The molecule has 0 radical (unpaired) electrons. The van der Waals surface area contributed by atoms with E-state index in [-0.39, 0.29) is 19.6 Å². The topological polar surface area (TPSA) is 178 Å². The van der Waals surface area contributed by atoms with Gasteiger partial charge in [-0.2, -0.15) is 8.42 Å². The normalized spacial score (nSPS) is 20.3. The fourth-order valence-electron chi connectivity index (χ4n) is 7.67. The first-order valence-corrected chi connectivity index (χ1v) is 25.8. The predicted molar refractivity (Wildman–Crippen MR) is 239 cm³/mol. The van der Waals surface area contributed by atoms with Crippen LogP contribution in [0.2, 0.25) is 0 Å². The van der Waals surface area contributed by atoms with Crippen LogP contribution in [0.25, 0.3) is 0 Å². The summed E-state index contributed by atoms with van der Waals surface area (Å²) in [4.78, 5) is 12.9. The number of aliphatic hydroxyl groups is 3. The Kier molecular flexibility index (Phi) is 37.4. The summed E-state index contributed by atoms with van der Waals surface area (Å²) in [5, 5.41) is 30.7. The summed E-state index contributed by atoms with van der Waals surface area (Å²) >= 11 is 0. The average molecular weight is 879 g/mol. The molecule has 6 atom stereocenters. The Balaban J connectivity index is 2.38. The molecule has 0 aromatic rings. The Labute approximate surface area is 366 Å². The van der Waals surface area contributed by atoms with Crippen LogP contribution in [-0.4, -0.2) is 97.5 Å². The third-order valence-electron chi connectivity index (χ3n) is 11.4. The lowest BCUT2D eigenvalue weighted by molar-refractivity contribution is -0.301. The van der Waals surface area contributed by atoms with E-state index in [1.165, 1.54) is 135 Å². The number of esters is 1. The molecule has 0 aliphatic carbocycles. The fourth-order valence-corrected chi connectivity index (χ4v) is 8.18. The zero-order chi connectivity index (χ0) is 43.9. The quantitative estimate of drug-likeness (QED) is 0.0197. The summed E-state index contributed by atoms with van der Waals surface area (Å²) in [6.45, 7) is 4.01. The maximum absolute atomic E-state index is 12.9. The van der Waals surface area contributed by atoms with Gasteiger partial charge in [0.2, 0.25) is 0 Å². The highest BCUT2D eigenvalue weighted by atomic mass is 32.3. The van der Waals surface area contributed by atoms with Gasteiger partial charge in [0.05, 0.1) is 19.8 Å². The lowest BCUT2D eigenvalue weighted by atomic mass is 9.99. The number of hydrogen-bond donors (Lipinski definition) is 4. The predicted octanol–water partition coefficient (Wildman–Crippen LogP) is 10.6. The standard InChI is InChI=1S/C47H90O12S/c1-3-5-7-9-11-13-15-17-19-20-21-23-25-27-29-31-33-35-37-55-39-41(40-56-47-45(51)46(59-60(52,53)54)44(50)42(38-48)58-47)57-43(49)36-34-32-30-28-26-24-22-18-16-14-12-10-8-6-4-2/h18,22,41-42,44-48,50-51H,3-17,19-21,23-40H2,1-2H3,(H,52,53,54)/b22-18-. The molecule has 356 valence electrons. The Morgan fingerprint density at radius 1 is 0.617 bits per heavy atom. The van der Waals surface area contributed by atoms with E-state index in [4.69, 9.17) is 23.5 Å². The second kappa shape index (κ2) is 39.4. The molecule has 1 aliphatic rings. The molecule has 0 saturated carbocycles. The van der Waals surface area contributed by atoms with Gasteiger partial charge in [-0.15, -0.1) is 0 Å². The van der Waals surface area contributed by atoms with Crippen LogP contribution >= 0.6 is 0 Å². The summed E-state index contributed by atoms with van der Waals surface area (Å²) in [5.74, 6) is -0.403. The summed E-state index contributed by atoms with van der Waals surface area (Å²) in [5.41, 5.74) is 0. The highest BCUT2D eigenvalue weighted by Crippen LogP contribution is 2.26. The molecule has 60 heavy (non-hydrogen) atoms. The lowest BCUT2D eigenvalue weighted by Gasteiger charge is -2.41. The van der Waals surface area contributed by atoms with Gasteiger partial charge < -0.3 is 34.3 Å². The third-order valence-corrected chi connectivity index (χ3v) is 11.9. The first-order chi connectivity index (χ1) is 29.1. The van der Waals surface area contributed by atoms with Gasteiger partial charge >= 0.3 is 16.4 Å². The van der Waals surface area contributed by atoms with Gasteiger partial charge in [0.1, 0.15) is 30.5 Å². The minimum Gasteiger partial charge on any atom is -0.457 e. The fraction of sp³-hybridized carbons (Fsp3) is 0.936. The first-order valence-electron chi connectivity index (χ1n) is 24.4. The molecule has 0 amide bonds. The number of rotatable bonds is 43. The second-order valence-corrected chi connectivity index (χ2v) is 18.1. The summed E-state index contributed by atoms with van der Waals surface area (Å²) in [7, 11) is -5.06. The van der Waals surface area contributed by atoms with E-state index in [1.807, 2.05) is 0 Å². The zero-order valence-electron chi connectivity index (χ0n) is 38.0. The van der Waals surface area contributed by atoms with E-state index in [1.54, 1.807) is 0 Å². The van der Waals surface area contributed by atoms with Crippen molar-refractivity contribution in [3.8, 4) is 0 Å². The van der Waals surface area contributed by atoms with E-state index in [9.17, 15) is 28.5 Å². The first kappa shape index (κ1) is 56.9. The molecule has 1 aliphatic heterocycles. The zero-order valence-corrected chi connectivity index (χ0v) is 38.9. The molecule has 0 aromatic carbocycles. The van der Waals surface area contributed by atoms with Gasteiger partial charge in [-0.25, -0.2) is 4.18 Å². The van der Waals surface area contributed by atoms with Crippen molar-refractivity contribution in [3.05, 3.63) is 12.2 Å². The summed E-state index contributed by atoms with van der Waals surface area (Å²) < 4.78 is 59.1. The maximum Gasteiger partial charge on any atom is 0.397 e. The number of aliphatic hydroxyl groups excluding tert-OH is 3. The molecule has 1 rings (SSSR count). The smallest absolute Gasteiger partial charge is 0.397 e. The molecular formula is C47H90O12S. The molecule has 13 heteroatoms. The number of unbranched alkanes of at least 4 members (excludes halogenated alkanes) is 28. The average Bonchev–Trinajstić information content (AvgIpc) is 3.22. The van der Waals surface area contributed by atoms with E-state index in [0.717, 1.165) is 57.8 Å². The molecule has 4 N–H and O–H groups in total. The molecule has 12 nitrogen and oxygen atoms in total. The highest BCUT2D eigenvalue weighted by Gasteiger charge is 2.48. The van der Waals surface area contributed by atoms with Gasteiger partial charge in [0, 0.05) is 13.0 Å². The minimum atomic E-state index is -5.06. The molecule has 1 saturated heterocycles. The van der Waals surface area contributed by atoms with Crippen molar-refractivity contribution < 1.29 is 56.2 Å². The largest absolute Gasteiger partial charge is 0.457 e. The van der Waals surface area contributed by atoms with Crippen LogP contribution in [0.15, 0.2) is 12.2 Å². The van der Waals surface area contributed by atoms with E-state index < -0.39 is 59.8 Å². The Morgan fingerprint density at radius 2 is 1.05 bits per heavy atom. The van der Waals surface area contributed by atoms with Crippen molar-refractivity contribution in [3.63, 3.8) is 0 Å². The molecule has 6 unspecified atom stereocenters. The molecule has 0 aromatic heterocycles. The SMILES string of the molecule is CCCCCCCC/C=C\CCCCCCCC(=O)OC(COCCCCCCCCCCCCCCCCCCCC)COC1OC(CO)C(O)C(OS(=O)(=O)O)C1O. The second-order valence-electron chi connectivity index (χ2n) is 17.1. The third kappa shape index (κ3) is 32.5. The molecule has 1 fully saturated rings. The lowest BCUT2D eigenvalue weighted by Crippen LogP contribution is -2.60.